The van der Waals surface area contributed by atoms with Gasteiger partial charge in [-0.2, -0.15) is 11.8 Å². The largest absolute Gasteiger partial charge is 1.00 e. The first-order valence-electron chi connectivity index (χ1n) is 11.8. The second-order valence-electron chi connectivity index (χ2n) is 9.70. The van der Waals surface area contributed by atoms with Crippen LogP contribution in [0.3, 0.4) is 0 Å². The molecule has 0 aliphatic carbocycles. The van der Waals surface area contributed by atoms with Gasteiger partial charge in [0.25, 0.3) is 5.91 Å². The van der Waals surface area contributed by atoms with Crippen molar-refractivity contribution in [2.24, 2.45) is 0 Å². The van der Waals surface area contributed by atoms with Crippen molar-refractivity contribution in [3.8, 4) is 11.1 Å². The molecule has 0 bridgehead atoms. The maximum atomic E-state index is 13.2. The number of thiazole rings is 1. The van der Waals surface area contributed by atoms with Crippen LogP contribution in [0.5, 0.6) is 0 Å². The molecular weight excluding hydrogens is 499 g/mol. The number of amides is 1. The fourth-order valence-corrected chi connectivity index (χ4v) is 5.07. The maximum absolute atomic E-state index is 13.2. The number of aliphatic carboxylic acids is 1. The maximum Gasteiger partial charge on any atom is 1.00 e. The molecular formula is C28H33LiN2O4S2. The summed E-state index contributed by atoms with van der Waals surface area (Å²) in [5.41, 5.74) is 4.01. The van der Waals surface area contributed by atoms with Crippen molar-refractivity contribution in [3.63, 3.8) is 0 Å². The van der Waals surface area contributed by atoms with Crippen LogP contribution in [0.2, 0.25) is 0 Å². The molecule has 9 heteroatoms. The predicted molar refractivity (Wildman–Crippen MR) is 145 cm³/mol. The van der Waals surface area contributed by atoms with Gasteiger partial charge in [0.15, 0.2) is 0 Å². The minimum atomic E-state index is -1.28. The second kappa shape index (κ2) is 14.2. The molecule has 3 rings (SSSR count). The Kier molecular flexibility index (Phi) is 11.9. The van der Waals surface area contributed by atoms with Gasteiger partial charge < -0.3 is 20.0 Å². The van der Waals surface area contributed by atoms with Gasteiger partial charge in [-0.25, -0.2) is 4.98 Å². The molecule has 1 N–H and O–H groups in total. The van der Waals surface area contributed by atoms with E-state index in [4.69, 9.17) is 4.74 Å². The number of carboxylic acids is 1. The number of ether oxygens (including phenoxy) is 1. The first-order chi connectivity index (χ1) is 17.1. The quantitative estimate of drug-likeness (QED) is 0.379. The molecule has 0 saturated carbocycles. The average molecular weight is 533 g/mol. The van der Waals surface area contributed by atoms with E-state index in [-0.39, 0.29) is 24.3 Å². The molecule has 0 aliphatic heterocycles. The standard InChI is InChI=1S/C28H34N2O4S2.Li/c1-18-8-6-7-9-21(18)23-14-19(16-34-17-20-15-29-27(36-20)28(2,3)4)10-11-22(23)25(31)30-24(26(32)33)12-13-35-5;/h6-11,14-15,24H,12-13,16-17H2,1-5H3,(H,30,31)(H,32,33);/q;+1/p-1/t24-;/m0./s1. The SMILES string of the molecule is CSCC[C@H](NC(=O)c1ccc(COCc2cnc(C(C)(C)C)s2)cc1-c1ccccc1C)C(=O)[O-].[Li+]. The van der Waals surface area contributed by atoms with Crippen LogP contribution in [0.1, 0.15) is 58.6 Å². The summed E-state index contributed by atoms with van der Waals surface area (Å²) in [4.78, 5) is 30.3. The molecule has 1 heterocycles. The third-order valence-electron chi connectivity index (χ3n) is 5.67. The van der Waals surface area contributed by atoms with Crippen LogP contribution in [0.15, 0.2) is 48.7 Å². The smallest absolute Gasteiger partial charge is 0.548 e. The van der Waals surface area contributed by atoms with Crippen molar-refractivity contribution >= 4 is 35.0 Å². The van der Waals surface area contributed by atoms with E-state index in [2.05, 4.69) is 31.1 Å². The molecule has 3 aromatic rings. The van der Waals surface area contributed by atoms with Crippen LogP contribution < -0.4 is 29.3 Å². The Morgan fingerprint density at radius 3 is 2.49 bits per heavy atom. The number of nitrogens with zero attached hydrogens (tertiary/aromatic N) is 1. The number of rotatable bonds is 11. The zero-order valence-corrected chi connectivity index (χ0v) is 24.1. The summed E-state index contributed by atoms with van der Waals surface area (Å²) in [6.45, 7) is 9.23. The third kappa shape index (κ3) is 8.73. The Balaban J connectivity index is 0.00000481. The molecule has 6 nitrogen and oxygen atoms in total. The normalized spacial score (nSPS) is 12.0. The number of hydrogen-bond donors (Lipinski definition) is 1. The van der Waals surface area contributed by atoms with E-state index in [1.807, 2.05) is 55.8 Å². The van der Waals surface area contributed by atoms with Crippen molar-refractivity contribution in [1.29, 1.82) is 0 Å². The van der Waals surface area contributed by atoms with E-state index in [0.29, 0.717) is 31.0 Å². The monoisotopic (exact) mass is 532 g/mol. The zero-order chi connectivity index (χ0) is 26.3. The number of carboxylic acid groups (broad SMARTS) is 1. The summed E-state index contributed by atoms with van der Waals surface area (Å²) in [5, 5.41) is 15.3. The summed E-state index contributed by atoms with van der Waals surface area (Å²) < 4.78 is 5.98. The number of aromatic nitrogens is 1. The van der Waals surface area contributed by atoms with Crippen molar-refractivity contribution < 1.29 is 38.3 Å². The number of nitrogens with one attached hydrogen (secondary N) is 1. The van der Waals surface area contributed by atoms with Crippen molar-refractivity contribution in [2.45, 2.75) is 58.8 Å². The molecule has 2 aromatic carbocycles. The van der Waals surface area contributed by atoms with E-state index in [9.17, 15) is 14.7 Å². The van der Waals surface area contributed by atoms with Crippen molar-refractivity contribution in [3.05, 3.63) is 75.2 Å². The Morgan fingerprint density at radius 2 is 1.86 bits per heavy atom. The van der Waals surface area contributed by atoms with E-state index < -0.39 is 17.9 Å². The molecule has 0 fully saturated rings. The molecule has 0 saturated heterocycles. The molecule has 1 amide bonds. The number of carbonyl (C=O) groups is 2. The molecule has 1 atom stereocenters. The van der Waals surface area contributed by atoms with E-state index in [1.54, 1.807) is 17.4 Å². The topological polar surface area (TPSA) is 91.3 Å². The van der Waals surface area contributed by atoms with Crippen molar-refractivity contribution in [1.82, 2.24) is 10.3 Å². The van der Waals surface area contributed by atoms with Gasteiger partial charge in [-0.3, -0.25) is 4.79 Å². The first kappa shape index (κ1) is 31.1. The minimum Gasteiger partial charge on any atom is -0.548 e. The van der Waals surface area contributed by atoms with Crippen LogP contribution in [-0.4, -0.2) is 34.9 Å². The molecule has 0 aliphatic rings. The van der Waals surface area contributed by atoms with E-state index in [0.717, 1.165) is 32.1 Å². The Morgan fingerprint density at radius 1 is 1.14 bits per heavy atom. The number of carbonyl (C=O) groups excluding carboxylic acids is 2. The first-order valence-corrected chi connectivity index (χ1v) is 14.0. The van der Waals surface area contributed by atoms with E-state index in [1.165, 1.54) is 11.8 Å². The molecule has 0 radical (unpaired) electrons. The third-order valence-corrected chi connectivity index (χ3v) is 7.71. The Hall–Kier alpha value is -2.08. The number of aryl methyl sites for hydroxylation is 1. The fourth-order valence-electron chi connectivity index (χ4n) is 3.69. The number of hydrogen-bond acceptors (Lipinski definition) is 7. The van der Waals surface area contributed by atoms with Gasteiger partial charge in [0, 0.05) is 17.2 Å². The van der Waals surface area contributed by atoms with E-state index >= 15 is 0 Å². The Bertz CT molecular complexity index is 1210. The molecule has 192 valence electrons. The van der Waals surface area contributed by atoms with Gasteiger partial charge in [-0.15, -0.1) is 11.3 Å². The van der Waals surface area contributed by atoms with Crippen LogP contribution in [0.4, 0.5) is 0 Å². The summed E-state index contributed by atoms with van der Waals surface area (Å²) in [7, 11) is 0. The fraction of sp³-hybridized carbons (Fsp3) is 0.393. The van der Waals surface area contributed by atoms with Crippen molar-refractivity contribution in [2.75, 3.05) is 12.0 Å². The molecule has 0 spiro atoms. The number of benzene rings is 2. The molecule has 0 unspecified atom stereocenters. The number of thioether (sulfide) groups is 1. The van der Waals surface area contributed by atoms with Crippen LogP contribution in [0, 0.1) is 6.92 Å². The van der Waals surface area contributed by atoms with Crippen LogP contribution in [-0.2, 0) is 28.2 Å². The summed E-state index contributed by atoms with van der Waals surface area (Å²) in [5.74, 6) is -1.11. The summed E-state index contributed by atoms with van der Waals surface area (Å²) >= 11 is 3.18. The molecule has 1 aromatic heterocycles. The minimum absolute atomic E-state index is 0. The van der Waals surface area contributed by atoms with Crippen LogP contribution in [0.25, 0.3) is 11.1 Å². The van der Waals surface area contributed by atoms with Gasteiger partial charge in [-0.1, -0.05) is 51.1 Å². The van der Waals surface area contributed by atoms with Gasteiger partial charge in [0.05, 0.1) is 35.1 Å². The summed E-state index contributed by atoms with van der Waals surface area (Å²) in [6.07, 6.45) is 4.06. The molecule has 37 heavy (non-hydrogen) atoms. The predicted octanol–water partition coefficient (Wildman–Crippen LogP) is 1.74. The van der Waals surface area contributed by atoms with Gasteiger partial charge in [0.1, 0.15) is 0 Å². The average Bonchev–Trinajstić information content (AvgIpc) is 3.31. The van der Waals surface area contributed by atoms with Crippen LogP contribution >= 0.6 is 23.1 Å². The Labute approximate surface area is 239 Å². The van der Waals surface area contributed by atoms with Gasteiger partial charge in [0.2, 0.25) is 0 Å². The zero-order valence-electron chi connectivity index (χ0n) is 22.4. The second-order valence-corrected chi connectivity index (χ2v) is 11.8. The summed E-state index contributed by atoms with van der Waals surface area (Å²) in [6, 6.07) is 12.3. The van der Waals surface area contributed by atoms with Gasteiger partial charge in [-0.05, 0) is 59.7 Å². The van der Waals surface area contributed by atoms with Gasteiger partial charge >= 0.3 is 18.9 Å².